The smallest absolute Gasteiger partial charge is 0.410 e. The van der Waals surface area contributed by atoms with Gasteiger partial charge < -0.3 is 15.0 Å². The number of carbonyl (C=O) groups is 2. The van der Waals surface area contributed by atoms with Gasteiger partial charge in [-0.25, -0.2) is 17.9 Å². The van der Waals surface area contributed by atoms with Crippen LogP contribution in [0.15, 0.2) is 65.6 Å². The van der Waals surface area contributed by atoms with Crippen molar-refractivity contribution < 1.29 is 22.7 Å². The number of fused-ring (bicyclic) bond motifs is 1. The van der Waals surface area contributed by atoms with Crippen molar-refractivity contribution in [1.29, 1.82) is 0 Å². The minimum absolute atomic E-state index is 0.106. The number of hydrogen-bond acceptors (Lipinski definition) is 5. The molecule has 3 aromatic rings. The van der Waals surface area contributed by atoms with Crippen molar-refractivity contribution in [3.63, 3.8) is 0 Å². The number of carbonyl (C=O) groups excluding carboxylic acids is 2. The molecule has 1 aliphatic heterocycles. The number of benzene rings is 3. The molecule has 1 heterocycles. The molecule has 38 heavy (non-hydrogen) atoms. The van der Waals surface area contributed by atoms with E-state index in [2.05, 4.69) is 10.0 Å². The predicted molar refractivity (Wildman–Crippen MR) is 149 cm³/mol. The largest absolute Gasteiger partial charge is 0.444 e. The van der Waals surface area contributed by atoms with Gasteiger partial charge in [-0.1, -0.05) is 49.4 Å². The summed E-state index contributed by atoms with van der Waals surface area (Å²) < 4.78 is 35.4. The first-order chi connectivity index (χ1) is 17.9. The molecule has 0 bridgehead atoms. The summed E-state index contributed by atoms with van der Waals surface area (Å²) in [7, 11) is -3.89. The highest BCUT2D eigenvalue weighted by molar-refractivity contribution is 7.89. The van der Waals surface area contributed by atoms with Crippen molar-refractivity contribution in [3.05, 3.63) is 71.8 Å². The van der Waals surface area contributed by atoms with E-state index < -0.39 is 15.6 Å². The van der Waals surface area contributed by atoms with E-state index in [0.717, 1.165) is 5.56 Å². The van der Waals surface area contributed by atoms with Gasteiger partial charge >= 0.3 is 6.09 Å². The molecule has 0 aromatic heterocycles. The Bertz CT molecular complexity index is 1460. The van der Waals surface area contributed by atoms with Gasteiger partial charge in [-0.3, -0.25) is 4.79 Å². The van der Waals surface area contributed by atoms with Crippen LogP contribution in [0.25, 0.3) is 10.8 Å². The lowest BCUT2D eigenvalue weighted by Gasteiger charge is -2.37. The number of ether oxygens (including phenoxy) is 1. The molecule has 3 aromatic carbocycles. The Kier molecular flexibility index (Phi) is 7.80. The monoisotopic (exact) mass is 537 g/mol. The Balaban J connectivity index is 1.54. The van der Waals surface area contributed by atoms with E-state index in [9.17, 15) is 18.0 Å². The first-order valence-electron chi connectivity index (χ1n) is 12.7. The van der Waals surface area contributed by atoms with Gasteiger partial charge in [0.15, 0.2) is 0 Å². The Morgan fingerprint density at radius 2 is 1.63 bits per heavy atom. The van der Waals surface area contributed by atoms with E-state index in [1.165, 1.54) is 6.07 Å². The second-order valence-corrected chi connectivity index (χ2v) is 12.5. The summed E-state index contributed by atoms with van der Waals surface area (Å²) in [5, 5.41) is 4.08. The molecule has 202 valence electrons. The van der Waals surface area contributed by atoms with Crippen LogP contribution in [0.1, 0.15) is 50.0 Å². The average molecular weight is 538 g/mol. The van der Waals surface area contributed by atoms with Gasteiger partial charge in [-0.15, -0.1) is 0 Å². The lowest BCUT2D eigenvalue weighted by atomic mass is 9.95. The Hall–Kier alpha value is -3.43. The zero-order chi connectivity index (χ0) is 27.7. The SMILES string of the molecule is Cc1ccccc1C(=O)Nc1ccc(S(=O)(=O)N[C@@H]2CCN(C(=O)OC(C)(C)C)C[C@H]2C)c2ccccc12. The predicted octanol–water partition coefficient (Wildman–Crippen LogP) is 5.32. The van der Waals surface area contributed by atoms with Crippen LogP contribution in [-0.4, -0.2) is 50.1 Å². The maximum atomic E-state index is 13.6. The minimum Gasteiger partial charge on any atom is -0.444 e. The number of nitrogens with zero attached hydrogens (tertiary/aromatic N) is 1. The van der Waals surface area contributed by atoms with Crippen molar-refractivity contribution in [3.8, 4) is 0 Å². The van der Waals surface area contributed by atoms with Gasteiger partial charge in [0.2, 0.25) is 10.0 Å². The highest BCUT2D eigenvalue weighted by Gasteiger charge is 2.34. The topological polar surface area (TPSA) is 105 Å². The normalized spacial score (nSPS) is 18.3. The number of likely N-dealkylation sites (tertiary alicyclic amines) is 1. The van der Waals surface area contributed by atoms with Crippen LogP contribution in [0.5, 0.6) is 0 Å². The third kappa shape index (κ3) is 6.16. The molecule has 4 rings (SSSR count). The fourth-order valence-electron chi connectivity index (χ4n) is 4.71. The molecule has 0 unspecified atom stereocenters. The van der Waals surface area contributed by atoms with Crippen LogP contribution in [0.2, 0.25) is 0 Å². The summed E-state index contributed by atoms with van der Waals surface area (Å²) in [5.74, 6) is -0.363. The van der Waals surface area contributed by atoms with Gasteiger partial charge in [0.1, 0.15) is 5.60 Å². The van der Waals surface area contributed by atoms with Crippen LogP contribution in [0.4, 0.5) is 10.5 Å². The van der Waals surface area contributed by atoms with Crippen LogP contribution < -0.4 is 10.0 Å². The van der Waals surface area contributed by atoms with Crippen molar-refractivity contribution in [2.75, 3.05) is 18.4 Å². The summed E-state index contributed by atoms with van der Waals surface area (Å²) in [5.41, 5.74) is 1.35. The third-order valence-corrected chi connectivity index (χ3v) is 8.22. The lowest BCUT2D eigenvalue weighted by molar-refractivity contribution is 0.0153. The van der Waals surface area contributed by atoms with Crippen molar-refractivity contribution >= 4 is 38.5 Å². The number of aryl methyl sites for hydroxylation is 1. The molecule has 2 atom stereocenters. The molecule has 1 fully saturated rings. The van der Waals surface area contributed by atoms with Crippen molar-refractivity contribution in [1.82, 2.24) is 9.62 Å². The number of amides is 2. The Labute approximate surface area is 224 Å². The summed E-state index contributed by atoms with van der Waals surface area (Å²) in [6.45, 7) is 10.0. The molecule has 9 heteroatoms. The van der Waals surface area contributed by atoms with Gasteiger partial charge in [-0.2, -0.15) is 0 Å². The van der Waals surface area contributed by atoms with E-state index in [-0.39, 0.29) is 28.9 Å². The molecule has 2 amide bonds. The number of rotatable bonds is 5. The van der Waals surface area contributed by atoms with Gasteiger partial charge in [0.25, 0.3) is 5.91 Å². The van der Waals surface area contributed by atoms with Gasteiger partial charge in [0.05, 0.1) is 4.90 Å². The second kappa shape index (κ2) is 10.7. The maximum Gasteiger partial charge on any atom is 0.410 e. The quantitative estimate of drug-likeness (QED) is 0.458. The molecule has 2 N–H and O–H groups in total. The summed E-state index contributed by atoms with van der Waals surface area (Å²) in [6.07, 6.45) is 0.0854. The van der Waals surface area contributed by atoms with E-state index in [1.807, 2.05) is 52.8 Å². The van der Waals surface area contributed by atoms with Crippen molar-refractivity contribution in [2.45, 2.75) is 57.6 Å². The lowest BCUT2D eigenvalue weighted by Crippen LogP contribution is -2.52. The Morgan fingerprint density at radius 3 is 2.29 bits per heavy atom. The molecule has 0 aliphatic carbocycles. The number of hydrogen-bond donors (Lipinski definition) is 2. The minimum atomic E-state index is -3.89. The van der Waals surface area contributed by atoms with Crippen LogP contribution in [0.3, 0.4) is 0 Å². The molecule has 0 radical (unpaired) electrons. The highest BCUT2D eigenvalue weighted by atomic mass is 32.2. The molecule has 0 saturated carbocycles. The van der Waals surface area contributed by atoms with Gasteiger partial charge in [0, 0.05) is 41.2 Å². The molecular weight excluding hydrogens is 502 g/mol. The average Bonchev–Trinajstić information content (AvgIpc) is 2.84. The molecular formula is C29H35N3O5S. The number of nitrogens with one attached hydrogen (secondary N) is 2. The second-order valence-electron chi connectivity index (χ2n) is 10.8. The first-order valence-corrected chi connectivity index (χ1v) is 14.2. The molecule has 1 aliphatic rings. The standard InChI is InChI=1S/C29H35N3O5S/c1-19-10-6-7-11-21(19)27(33)30-25-14-15-26(23-13-9-8-12-22(23)25)38(35,36)31-24-16-17-32(18-20(24)2)28(34)37-29(3,4)5/h6-15,20,24,31H,16-18H2,1-5H3,(H,30,33)/t20-,24-/m1/s1. The highest BCUT2D eigenvalue weighted by Crippen LogP contribution is 2.31. The van der Waals surface area contributed by atoms with Crippen LogP contribution >= 0.6 is 0 Å². The summed E-state index contributed by atoms with van der Waals surface area (Å²) in [4.78, 5) is 27.2. The number of anilines is 1. The van der Waals surface area contributed by atoms with E-state index in [4.69, 9.17) is 4.74 Å². The first kappa shape index (κ1) is 27.6. The zero-order valence-electron chi connectivity index (χ0n) is 22.4. The van der Waals surface area contributed by atoms with Crippen molar-refractivity contribution in [2.24, 2.45) is 5.92 Å². The van der Waals surface area contributed by atoms with Crippen LogP contribution in [-0.2, 0) is 14.8 Å². The van der Waals surface area contributed by atoms with E-state index in [1.54, 1.807) is 41.3 Å². The fraction of sp³-hybridized carbons (Fsp3) is 0.379. The molecule has 8 nitrogen and oxygen atoms in total. The van der Waals surface area contributed by atoms with E-state index >= 15 is 0 Å². The van der Waals surface area contributed by atoms with Gasteiger partial charge in [-0.05, 0) is 63.8 Å². The molecule has 1 saturated heterocycles. The van der Waals surface area contributed by atoms with E-state index in [0.29, 0.717) is 41.5 Å². The number of sulfonamides is 1. The Morgan fingerprint density at radius 1 is 0.974 bits per heavy atom. The third-order valence-electron chi connectivity index (χ3n) is 6.67. The summed E-state index contributed by atoms with van der Waals surface area (Å²) >= 11 is 0. The zero-order valence-corrected chi connectivity index (χ0v) is 23.3. The molecule has 0 spiro atoms. The fourth-order valence-corrected chi connectivity index (χ4v) is 6.30. The number of piperidine rings is 1. The van der Waals surface area contributed by atoms with Crippen LogP contribution in [0, 0.1) is 12.8 Å². The maximum absolute atomic E-state index is 13.6. The summed E-state index contributed by atoms with van der Waals surface area (Å²) in [6, 6.07) is 17.2.